The van der Waals surface area contributed by atoms with Crippen molar-refractivity contribution in [2.24, 2.45) is 5.92 Å². The monoisotopic (exact) mass is 434 g/mol. The molecule has 1 saturated heterocycles. The summed E-state index contributed by atoms with van der Waals surface area (Å²) in [5.74, 6) is -1.19. The summed E-state index contributed by atoms with van der Waals surface area (Å²) in [6.45, 7) is 8.15. The number of rotatable bonds is 8. The summed E-state index contributed by atoms with van der Waals surface area (Å²) in [7, 11) is 0. The number of aliphatic carboxylic acids is 1. The van der Waals surface area contributed by atoms with Crippen molar-refractivity contribution < 1.29 is 19.2 Å². The van der Waals surface area contributed by atoms with Crippen molar-refractivity contribution in [1.29, 1.82) is 0 Å². The number of hydrogen-bond donors (Lipinski definition) is 2. The number of benzene rings is 1. The van der Waals surface area contributed by atoms with Gasteiger partial charge >= 0.3 is 5.97 Å². The van der Waals surface area contributed by atoms with E-state index < -0.39 is 11.9 Å². The minimum absolute atomic E-state index is 0.0722. The zero-order valence-corrected chi connectivity index (χ0v) is 18.0. The minimum atomic E-state index is -0.959. The molecule has 2 heterocycles. The number of carbonyl (C=O) groups excluding carboxylic acids is 1. The lowest BCUT2D eigenvalue weighted by Gasteiger charge is -2.35. The summed E-state index contributed by atoms with van der Waals surface area (Å²) < 4.78 is 5.23. The number of carboxylic acid groups (broad SMARTS) is 1. The van der Waals surface area contributed by atoms with Gasteiger partial charge in [-0.05, 0) is 38.1 Å². The van der Waals surface area contributed by atoms with Gasteiger partial charge in [-0.3, -0.25) is 19.4 Å². The molecule has 30 heavy (non-hydrogen) atoms. The van der Waals surface area contributed by atoms with Crippen LogP contribution in [0.1, 0.15) is 23.4 Å². The van der Waals surface area contributed by atoms with Crippen molar-refractivity contribution in [2.75, 3.05) is 38.0 Å². The Balaban J connectivity index is 1.48. The highest BCUT2D eigenvalue weighted by molar-refractivity contribution is 6.30. The van der Waals surface area contributed by atoms with E-state index in [4.69, 9.17) is 16.1 Å². The van der Waals surface area contributed by atoms with Gasteiger partial charge in [0.1, 0.15) is 5.76 Å². The normalized spacial score (nSPS) is 16.4. The molecule has 1 aliphatic heterocycles. The minimum Gasteiger partial charge on any atom is -0.481 e. The summed E-state index contributed by atoms with van der Waals surface area (Å²) in [5, 5.41) is 16.9. The SMILES string of the molecule is Cc1noc(C)c1CN1CCN(C[C@@H](CC(=O)Nc2ccc(Cl)cc2)C(=O)O)CC1. The highest BCUT2D eigenvalue weighted by Crippen LogP contribution is 2.18. The van der Waals surface area contributed by atoms with Gasteiger partial charge in [0.25, 0.3) is 0 Å². The van der Waals surface area contributed by atoms with Crippen LogP contribution in [0.2, 0.25) is 5.02 Å². The fourth-order valence-corrected chi connectivity index (χ4v) is 3.72. The second-order valence-corrected chi connectivity index (χ2v) is 8.11. The summed E-state index contributed by atoms with van der Waals surface area (Å²) in [4.78, 5) is 28.4. The standard InChI is InChI=1S/C21H27ClN4O4/c1-14-19(15(2)30-24-14)13-26-9-7-25(8-10-26)12-16(21(28)29)11-20(27)23-18-5-3-17(22)4-6-18/h3-6,16H,7-13H2,1-2H3,(H,23,27)(H,28,29)/t16-/m1/s1. The van der Waals surface area contributed by atoms with Gasteiger partial charge in [0.2, 0.25) is 5.91 Å². The Morgan fingerprint density at radius 3 is 2.37 bits per heavy atom. The molecule has 0 spiro atoms. The molecule has 3 rings (SSSR count). The maximum Gasteiger partial charge on any atom is 0.308 e. The van der Waals surface area contributed by atoms with Crippen LogP contribution in [0.3, 0.4) is 0 Å². The first-order chi connectivity index (χ1) is 14.3. The van der Waals surface area contributed by atoms with Crippen molar-refractivity contribution in [2.45, 2.75) is 26.8 Å². The van der Waals surface area contributed by atoms with Crippen LogP contribution in [0.4, 0.5) is 5.69 Å². The number of amides is 1. The largest absolute Gasteiger partial charge is 0.481 e. The molecule has 1 fully saturated rings. The first-order valence-electron chi connectivity index (χ1n) is 9.96. The molecule has 0 bridgehead atoms. The van der Waals surface area contributed by atoms with Gasteiger partial charge in [-0.1, -0.05) is 16.8 Å². The molecule has 1 atom stereocenters. The van der Waals surface area contributed by atoms with E-state index in [-0.39, 0.29) is 12.3 Å². The number of aryl methyl sites for hydroxylation is 2. The molecule has 0 unspecified atom stereocenters. The number of aromatic nitrogens is 1. The molecule has 1 aromatic carbocycles. The van der Waals surface area contributed by atoms with Crippen molar-refractivity contribution in [1.82, 2.24) is 15.0 Å². The van der Waals surface area contributed by atoms with Gasteiger partial charge in [-0.15, -0.1) is 0 Å². The molecular weight excluding hydrogens is 408 g/mol. The average Bonchev–Trinajstić information content (AvgIpc) is 3.02. The second kappa shape index (κ2) is 10.1. The number of hydrogen-bond acceptors (Lipinski definition) is 6. The van der Waals surface area contributed by atoms with E-state index in [1.54, 1.807) is 24.3 Å². The Bertz CT molecular complexity index is 856. The molecule has 8 nitrogen and oxygen atoms in total. The Morgan fingerprint density at radius 1 is 1.17 bits per heavy atom. The lowest BCUT2D eigenvalue weighted by molar-refractivity contribution is -0.144. The highest BCUT2D eigenvalue weighted by Gasteiger charge is 2.27. The Morgan fingerprint density at radius 2 is 1.80 bits per heavy atom. The Hall–Kier alpha value is -2.42. The van der Waals surface area contributed by atoms with Crippen molar-refractivity contribution in [3.63, 3.8) is 0 Å². The van der Waals surface area contributed by atoms with Gasteiger partial charge < -0.3 is 14.9 Å². The number of nitrogens with zero attached hydrogens (tertiary/aromatic N) is 3. The van der Waals surface area contributed by atoms with E-state index >= 15 is 0 Å². The average molecular weight is 435 g/mol. The first kappa shape index (κ1) is 22.3. The molecule has 2 aromatic rings. The number of carboxylic acids is 1. The molecule has 162 valence electrons. The van der Waals surface area contributed by atoms with E-state index in [1.165, 1.54) is 0 Å². The number of halogens is 1. The Kier molecular flexibility index (Phi) is 7.47. The van der Waals surface area contributed by atoms with E-state index in [2.05, 4.69) is 20.3 Å². The predicted octanol–water partition coefficient (Wildman–Crippen LogP) is 2.79. The molecule has 9 heteroatoms. The van der Waals surface area contributed by atoms with E-state index in [1.807, 2.05) is 13.8 Å². The lowest BCUT2D eigenvalue weighted by atomic mass is 10.0. The van der Waals surface area contributed by atoms with Gasteiger partial charge in [-0.2, -0.15) is 0 Å². The zero-order chi connectivity index (χ0) is 21.7. The smallest absolute Gasteiger partial charge is 0.308 e. The van der Waals surface area contributed by atoms with Crippen LogP contribution in [0.15, 0.2) is 28.8 Å². The van der Waals surface area contributed by atoms with Crippen LogP contribution in [0.5, 0.6) is 0 Å². The van der Waals surface area contributed by atoms with Crippen molar-refractivity contribution >= 4 is 29.2 Å². The summed E-state index contributed by atoms with van der Waals surface area (Å²) in [6, 6.07) is 6.73. The first-order valence-corrected chi connectivity index (χ1v) is 10.3. The molecule has 0 aliphatic carbocycles. The highest BCUT2D eigenvalue weighted by atomic mass is 35.5. The number of carbonyl (C=O) groups is 2. The number of nitrogens with one attached hydrogen (secondary N) is 1. The third-order valence-electron chi connectivity index (χ3n) is 5.42. The molecule has 0 saturated carbocycles. The number of piperazine rings is 1. The fourth-order valence-electron chi connectivity index (χ4n) is 3.59. The predicted molar refractivity (Wildman–Crippen MR) is 114 cm³/mol. The molecule has 0 radical (unpaired) electrons. The van der Waals surface area contributed by atoms with Crippen LogP contribution < -0.4 is 5.32 Å². The molecule has 1 aliphatic rings. The van der Waals surface area contributed by atoms with Gasteiger partial charge in [0.15, 0.2) is 0 Å². The second-order valence-electron chi connectivity index (χ2n) is 7.67. The summed E-state index contributed by atoms with van der Waals surface area (Å²) in [5.41, 5.74) is 2.62. The quantitative estimate of drug-likeness (QED) is 0.659. The van der Waals surface area contributed by atoms with E-state index in [0.717, 1.165) is 49.7 Å². The maximum absolute atomic E-state index is 12.3. The van der Waals surface area contributed by atoms with Crippen LogP contribution >= 0.6 is 11.6 Å². The van der Waals surface area contributed by atoms with Crippen LogP contribution in [-0.4, -0.2) is 64.7 Å². The topological polar surface area (TPSA) is 98.9 Å². The maximum atomic E-state index is 12.3. The third kappa shape index (κ3) is 6.04. The molecular formula is C21H27ClN4O4. The lowest BCUT2D eigenvalue weighted by Crippen LogP contribution is -2.48. The van der Waals surface area contributed by atoms with Crippen LogP contribution in [0, 0.1) is 19.8 Å². The van der Waals surface area contributed by atoms with Crippen LogP contribution in [-0.2, 0) is 16.1 Å². The third-order valence-corrected chi connectivity index (χ3v) is 5.67. The zero-order valence-electron chi connectivity index (χ0n) is 17.2. The van der Waals surface area contributed by atoms with Crippen molar-refractivity contribution in [3.05, 3.63) is 46.3 Å². The Labute approximate surface area is 180 Å². The van der Waals surface area contributed by atoms with Gasteiger partial charge in [-0.25, -0.2) is 0 Å². The van der Waals surface area contributed by atoms with Crippen LogP contribution in [0.25, 0.3) is 0 Å². The molecule has 2 N–H and O–H groups in total. The number of anilines is 1. The van der Waals surface area contributed by atoms with E-state index in [0.29, 0.717) is 17.3 Å². The summed E-state index contributed by atoms with van der Waals surface area (Å²) in [6.07, 6.45) is -0.0722. The van der Waals surface area contributed by atoms with Gasteiger partial charge in [0, 0.05) is 62.0 Å². The fraction of sp³-hybridized carbons (Fsp3) is 0.476. The molecule has 1 amide bonds. The van der Waals surface area contributed by atoms with Crippen molar-refractivity contribution in [3.8, 4) is 0 Å². The van der Waals surface area contributed by atoms with Gasteiger partial charge in [0.05, 0.1) is 11.6 Å². The molecule has 1 aromatic heterocycles. The van der Waals surface area contributed by atoms with E-state index in [9.17, 15) is 14.7 Å². The summed E-state index contributed by atoms with van der Waals surface area (Å²) >= 11 is 5.84.